The van der Waals surface area contributed by atoms with E-state index in [9.17, 15) is 4.79 Å². The molecule has 1 amide bonds. The summed E-state index contributed by atoms with van der Waals surface area (Å²) < 4.78 is 5.35. The van der Waals surface area contributed by atoms with Crippen LogP contribution in [0.5, 0.6) is 0 Å². The molecule has 4 nitrogen and oxygen atoms in total. The SMILES string of the molecule is CC(C1CCOC1)N1CCNCC1=O. The van der Waals surface area contributed by atoms with Crippen LogP contribution in [-0.4, -0.2) is 49.7 Å². The van der Waals surface area contributed by atoms with Gasteiger partial charge >= 0.3 is 0 Å². The zero-order valence-corrected chi connectivity index (χ0v) is 8.66. The molecule has 0 bridgehead atoms. The van der Waals surface area contributed by atoms with Crippen molar-refractivity contribution in [2.75, 3.05) is 32.8 Å². The summed E-state index contributed by atoms with van der Waals surface area (Å²) in [7, 11) is 0. The molecule has 2 unspecified atom stereocenters. The summed E-state index contributed by atoms with van der Waals surface area (Å²) in [6.07, 6.45) is 1.10. The lowest BCUT2D eigenvalue weighted by molar-refractivity contribution is -0.135. The summed E-state index contributed by atoms with van der Waals surface area (Å²) in [4.78, 5) is 13.6. The predicted octanol–water partition coefficient (Wildman–Crippen LogP) is -0.157. The second kappa shape index (κ2) is 4.28. The molecule has 2 fully saturated rings. The van der Waals surface area contributed by atoms with Crippen LogP contribution in [0.15, 0.2) is 0 Å². The number of carbonyl (C=O) groups excluding carboxylic acids is 1. The van der Waals surface area contributed by atoms with E-state index < -0.39 is 0 Å². The van der Waals surface area contributed by atoms with E-state index in [1.54, 1.807) is 0 Å². The summed E-state index contributed by atoms with van der Waals surface area (Å²) in [6.45, 7) is 6.08. The molecule has 2 aliphatic rings. The first-order valence-corrected chi connectivity index (χ1v) is 5.37. The molecular formula is C10H18N2O2. The Hall–Kier alpha value is -0.610. The molecule has 0 aromatic carbocycles. The number of nitrogens with one attached hydrogen (secondary N) is 1. The monoisotopic (exact) mass is 198 g/mol. The van der Waals surface area contributed by atoms with E-state index in [0.29, 0.717) is 18.5 Å². The van der Waals surface area contributed by atoms with Gasteiger partial charge in [-0.3, -0.25) is 4.79 Å². The molecule has 2 heterocycles. The fourth-order valence-electron chi connectivity index (χ4n) is 2.24. The molecule has 0 spiro atoms. The van der Waals surface area contributed by atoms with Gasteiger partial charge in [0.05, 0.1) is 13.2 Å². The molecule has 0 aromatic rings. The lowest BCUT2D eigenvalue weighted by Gasteiger charge is -2.35. The van der Waals surface area contributed by atoms with Crippen LogP contribution in [0.2, 0.25) is 0 Å². The minimum atomic E-state index is 0.232. The quantitative estimate of drug-likeness (QED) is 0.670. The van der Waals surface area contributed by atoms with Crippen LogP contribution >= 0.6 is 0 Å². The fourth-order valence-corrected chi connectivity index (χ4v) is 2.24. The maximum absolute atomic E-state index is 11.6. The van der Waals surface area contributed by atoms with Gasteiger partial charge in [0.1, 0.15) is 0 Å². The average molecular weight is 198 g/mol. The van der Waals surface area contributed by atoms with Crippen molar-refractivity contribution < 1.29 is 9.53 Å². The van der Waals surface area contributed by atoms with Gasteiger partial charge in [0, 0.05) is 31.7 Å². The van der Waals surface area contributed by atoms with Gasteiger partial charge in [0.15, 0.2) is 0 Å². The molecule has 0 radical (unpaired) electrons. The first-order chi connectivity index (χ1) is 6.79. The molecule has 0 aromatic heterocycles. The molecule has 1 N–H and O–H groups in total. The zero-order valence-electron chi connectivity index (χ0n) is 8.66. The predicted molar refractivity (Wildman–Crippen MR) is 53.0 cm³/mol. The number of rotatable bonds is 2. The Balaban J connectivity index is 1.94. The molecule has 2 aliphatic heterocycles. The van der Waals surface area contributed by atoms with Crippen LogP contribution in [0.4, 0.5) is 0 Å². The van der Waals surface area contributed by atoms with Crippen molar-refractivity contribution in [2.24, 2.45) is 5.92 Å². The Kier molecular flexibility index (Phi) is 3.03. The lowest BCUT2D eigenvalue weighted by Crippen LogP contribution is -2.53. The largest absolute Gasteiger partial charge is 0.381 e. The van der Waals surface area contributed by atoms with E-state index >= 15 is 0 Å². The van der Waals surface area contributed by atoms with Crippen LogP contribution < -0.4 is 5.32 Å². The van der Waals surface area contributed by atoms with Crippen LogP contribution in [0.1, 0.15) is 13.3 Å². The standard InChI is InChI=1S/C10H18N2O2/c1-8(9-2-5-14-7-9)12-4-3-11-6-10(12)13/h8-9,11H,2-7H2,1H3. The number of hydrogen-bond donors (Lipinski definition) is 1. The van der Waals surface area contributed by atoms with Gasteiger partial charge in [-0.15, -0.1) is 0 Å². The summed E-state index contributed by atoms with van der Waals surface area (Å²) in [5.74, 6) is 0.771. The minimum absolute atomic E-state index is 0.232. The maximum Gasteiger partial charge on any atom is 0.236 e. The summed E-state index contributed by atoms with van der Waals surface area (Å²) in [5, 5.41) is 3.09. The third-order valence-corrected chi connectivity index (χ3v) is 3.26. The molecule has 0 saturated carbocycles. The second-order valence-electron chi connectivity index (χ2n) is 4.13. The van der Waals surface area contributed by atoms with Crippen molar-refractivity contribution >= 4 is 5.91 Å². The molecule has 80 valence electrons. The number of carbonyl (C=O) groups is 1. The minimum Gasteiger partial charge on any atom is -0.381 e. The van der Waals surface area contributed by atoms with Crippen LogP contribution in [0.25, 0.3) is 0 Å². The molecule has 2 rings (SSSR count). The average Bonchev–Trinajstić information content (AvgIpc) is 2.70. The number of hydrogen-bond acceptors (Lipinski definition) is 3. The Morgan fingerprint density at radius 1 is 1.64 bits per heavy atom. The van der Waals surface area contributed by atoms with Crippen LogP contribution in [0.3, 0.4) is 0 Å². The smallest absolute Gasteiger partial charge is 0.236 e. The third kappa shape index (κ3) is 1.91. The first-order valence-electron chi connectivity index (χ1n) is 5.37. The van der Waals surface area contributed by atoms with Crippen LogP contribution in [0, 0.1) is 5.92 Å². The molecule has 0 aliphatic carbocycles. The number of piperazine rings is 1. The lowest BCUT2D eigenvalue weighted by atomic mass is 9.98. The van der Waals surface area contributed by atoms with Gasteiger partial charge in [-0.25, -0.2) is 0 Å². The fraction of sp³-hybridized carbons (Fsp3) is 0.900. The Bertz CT molecular complexity index is 214. The Labute approximate surface area is 84.6 Å². The van der Waals surface area contributed by atoms with E-state index in [1.807, 2.05) is 4.90 Å². The third-order valence-electron chi connectivity index (χ3n) is 3.26. The first kappa shape index (κ1) is 9.93. The van der Waals surface area contributed by atoms with Gasteiger partial charge in [-0.2, -0.15) is 0 Å². The van der Waals surface area contributed by atoms with Gasteiger partial charge in [-0.05, 0) is 13.3 Å². The summed E-state index contributed by atoms with van der Waals surface area (Å²) >= 11 is 0. The van der Waals surface area contributed by atoms with Crippen molar-refractivity contribution in [1.29, 1.82) is 0 Å². The van der Waals surface area contributed by atoms with Crippen molar-refractivity contribution in [1.82, 2.24) is 10.2 Å². The summed E-state index contributed by atoms with van der Waals surface area (Å²) in [5.41, 5.74) is 0. The summed E-state index contributed by atoms with van der Waals surface area (Å²) in [6, 6.07) is 0.340. The molecule has 14 heavy (non-hydrogen) atoms. The van der Waals surface area contributed by atoms with E-state index in [1.165, 1.54) is 0 Å². The van der Waals surface area contributed by atoms with Crippen molar-refractivity contribution in [3.05, 3.63) is 0 Å². The van der Waals surface area contributed by atoms with E-state index in [2.05, 4.69) is 12.2 Å². The number of nitrogens with zero attached hydrogens (tertiary/aromatic N) is 1. The van der Waals surface area contributed by atoms with Gasteiger partial charge in [-0.1, -0.05) is 0 Å². The molecule has 2 atom stereocenters. The zero-order chi connectivity index (χ0) is 9.97. The maximum atomic E-state index is 11.6. The molecular weight excluding hydrogens is 180 g/mol. The van der Waals surface area contributed by atoms with E-state index in [-0.39, 0.29) is 5.91 Å². The van der Waals surface area contributed by atoms with E-state index in [4.69, 9.17) is 4.74 Å². The van der Waals surface area contributed by atoms with Crippen LogP contribution in [-0.2, 0) is 9.53 Å². The van der Waals surface area contributed by atoms with Crippen molar-refractivity contribution in [3.63, 3.8) is 0 Å². The van der Waals surface area contributed by atoms with Crippen molar-refractivity contribution in [3.8, 4) is 0 Å². The van der Waals surface area contributed by atoms with E-state index in [0.717, 1.165) is 32.7 Å². The van der Waals surface area contributed by atoms with Gasteiger partial charge < -0.3 is 15.0 Å². The Morgan fingerprint density at radius 3 is 3.14 bits per heavy atom. The van der Waals surface area contributed by atoms with Crippen molar-refractivity contribution in [2.45, 2.75) is 19.4 Å². The van der Waals surface area contributed by atoms with Gasteiger partial charge in [0.25, 0.3) is 0 Å². The normalized spacial score (nSPS) is 30.8. The topological polar surface area (TPSA) is 41.6 Å². The highest BCUT2D eigenvalue weighted by Gasteiger charge is 2.30. The highest BCUT2D eigenvalue weighted by atomic mass is 16.5. The number of ether oxygens (including phenoxy) is 1. The highest BCUT2D eigenvalue weighted by Crippen LogP contribution is 2.21. The molecule has 2 saturated heterocycles. The second-order valence-corrected chi connectivity index (χ2v) is 4.13. The number of amides is 1. The Morgan fingerprint density at radius 2 is 2.50 bits per heavy atom. The van der Waals surface area contributed by atoms with Gasteiger partial charge in [0.2, 0.25) is 5.91 Å². The molecule has 4 heteroatoms. The highest BCUT2D eigenvalue weighted by molar-refractivity contribution is 5.79.